The molecule has 0 unspecified atom stereocenters. The number of aromatic nitrogens is 1. The van der Waals surface area contributed by atoms with E-state index in [0.29, 0.717) is 13.0 Å². The molecule has 2 aromatic carbocycles. The second-order valence-corrected chi connectivity index (χ2v) is 8.52. The highest BCUT2D eigenvalue weighted by Crippen LogP contribution is 2.32. The number of likely N-dealkylation sites (N-methyl/N-ethyl adjacent to an activating group) is 1. The van der Waals surface area contributed by atoms with Gasteiger partial charge in [0.2, 0.25) is 5.91 Å². The van der Waals surface area contributed by atoms with Crippen molar-refractivity contribution in [3.63, 3.8) is 0 Å². The van der Waals surface area contributed by atoms with Crippen molar-refractivity contribution in [2.45, 2.75) is 34.1 Å². The van der Waals surface area contributed by atoms with Gasteiger partial charge >= 0.3 is 0 Å². The van der Waals surface area contributed by atoms with E-state index < -0.39 is 0 Å². The Labute approximate surface area is 183 Å². The Morgan fingerprint density at radius 3 is 2.50 bits per heavy atom. The van der Waals surface area contributed by atoms with Crippen LogP contribution < -0.4 is 9.64 Å². The maximum atomic E-state index is 13.4. The Kier molecular flexibility index (Phi) is 7.45. The van der Waals surface area contributed by atoms with Gasteiger partial charge in [-0.15, -0.1) is 0 Å². The van der Waals surface area contributed by atoms with Crippen LogP contribution in [0, 0.1) is 13.8 Å². The van der Waals surface area contributed by atoms with Crippen molar-refractivity contribution < 1.29 is 9.53 Å². The van der Waals surface area contributed by atoms with E-state index in [4.69, 9.17) is 9.72 Å². The van der Waals surface area contributed by atoms with Crippen LogP contribution >= 0.6 is 11.3 Å². The first-order valence-electron chi connectivity index (χ1n) is 10.5. The first-order valence-corrected chi connectivity index (χ1v) is 11.3. The lowest BCUT2D eigenvalue weighted by molar-refractivity contribution is -0.118. The molecule has 30 heavy (non-hydrogen) atoms. The van der Waals surface area contributed by atoms with Gasteiger partial charge < -0.3 is 9.64 Å². The summed E-state index contributed by atoms with van der Waals surface area (Å²) in [5.41, 5.74) is 4.33. The number of aryl methyl sites for hydroxylation is 2. The molecule has 1 aromatic heterocycles. The molecule has 0 radical (unpaired) electrons. The molecule has 160 valence electrons. The van der Waals surface area contributed by atoms with Gasteiger partial charge in [-0.3, -0.25) is 9.69 Å². The normalized spacial score (nSPS) is 11.3. The van der Waals surface area contributed by atoms with Crippen molar-refractivity contribution in [2.24, 2.45) is 0 Å². The highest BCUT2D eigenvalue weighted by atomic mass is 32.1. The number of anilines is 1. The number of carbonyl (C=O) groups excluding carboxylic acids is 1. The number of methoxy groups -OCH3 is 1. The predicted molar refractivity (Wildman–Crippen MR) is 126 cm³/mol. The standard InChI is InChI=1S/C24H31N3O2S/c1-6-26(7-2)12-13-27(23(28)15-19-9-8-17(3)14-18(19)4)24-25-21-11-10-20(29-5)16-22(21)30-24/h8-11,14,16H,6-7,12-13,15H2,1-5H3. The lowest BCUT2D eigenvalue weighted by Gasteiger charge is -2.25. The van der Waals surface area contributed by atoms with Gasteiger partial charge in [0.15, 0.2) is 5.13 Å². The monoisotopic (exact) mass is 425 g/mol. The fraction of sp³-hybridized carbons (Fsp3) is 0.417. The zero-order valence-corrected chi connectivity index (χ0v) is 19.4. The molecule has 6 heteroatoms. The Morgan fingerprint density at radius 2 is 1.83 bits per heavy atom. The fourth-order valence-electron chi connectivity index (χ4n) is 3.55. The van der Waals surface area contributed by atoms with Crippen LogP contribution in [0.2, 0.25) is 0 Å². The molecule has 5 nitrogen and oxygen atoms in total. The van der Waals surface area contributed by atoms with E-state index in [2.05, 4.69) is 50.8 Å². The molecule has 3 rings (SSSR count). The third-order valence-corrected chi connectivity index (χ3v) is 6.53. The van der Waals surface area contributed by atoms with E-state index in [-0.39, 0.29) is 5.91 Å². The van der Waals surface area contributed by atoms with Crippen molar-refractivity contribution in [2.75, 3.05) is 38.2 Å². The molecule has 0 N–H and O–H groups in total. The topological polar surface area (TPSA) is 45.7 Å². The van der Waals surface area contributed by atoms with Crippen LogP contribution in [-0.2, 0) is 11.2 Å². The van der Waals surface area contributed by atoms with Crippen LogP contribution in [-0.4, -0.2) is 49.1 Å². The van der Waals surface area contributed by atoms with Gasteiger partial charge in [-0.05, 0) is 56.3 Å². The summed E-state index contributed by atoms with van der Waals surface area (Å²) in [7, 11) is 1.66. The van der Waals surface area contributed by atoms with Crippen molar-refractivity contribution in [1.29, 1.82) is 0 Å². The average Bonchev–Trinajstić information content (AvgIpc) is 3.15. The van der Waals surface area contributed by atoms with Crippen LogP contribution in [0.25, 0.3) is 10.2 Å². The predicted octanol–water partition coefficient (Wildman–Crippen LogP) is 4.84. The van der Waals surface area contributed by atoms with Gasteiger partial charge in [0.25, 0.3) is 0 Å². The van der Waals surface area contributed by atoms with Gasteiger partial charge in [-0.1, -0.05) is 48.9 Å². The summed E-state index contributed by atoms with van der Waals surface area (Å²) < 4.78 is 6.37. The molecule has 3 aromatic rings. The van der Waals surface area contributed by atoms with Crippen molar-refractivity contribution in [3.8, 4) is 5.75 Å². The maximum Gasteiger partial charge on any atom is 0.233 e. The number of fused-ring (bicyclic) bond motifs is 1. The molecule has 0 aliphatic carbocycles. The zero-order chi connectivity index (χ0) is 21.7. The molecule has 1 heterocycles. The zero-order valence-electron chi connectivity index (χ0n) is 18.6. The van der Waals surface area contributed by atoms with Gasteiger partial charge in [-0.25, -0.2) is 4.98 Å². The fourth-order valence-corrected chi connectivity index (χ4v) is 4.58. The van der Waals surface area contributed by atoms with Gasteiger partial charge in [0.05, 0.1) is 23.7 Å². The lowest BCUT2D eigenvalue weighted by atomic mass is 10.0. The Bertz CT molecular complexity index is 1010. The summed E-state index contributed by atoms with van der Waals surface area (Å²) >= 11 is 1.54. The number of rotatable bonds is 9. The minimum atomic E-state index is 0.0835. The summed E-state index contributed by atoms with van der Waals surface area (Å²) in [6.07, 6.45) is 0.379. The molecular formula is C24H31N3O2S. The molecule has 0 atom stereocenters. The number of benzene rings is 2. The molecule has 1 amide bonds. The minimum Gasteiger partial charge on any atom is -0.497 e. The first-order chi connectivity index (χ1) is 14.4. The number of carbonyl (C=O) groups is 1. The maximum absolute atomic E-state index is 13.4. The summed E-state index contributed by atoms with van der Waals surface area (Å²) in [6, 6.07) is 12.1. The van der Waals surface area contributed by atoms with Crippen molar-refractivity contribution in [1.82, 2.24) is 9.88 Å². The number of thiazole rings is 1. The highest BCUT2D eigenvalue weighted by Gasteiger charge is 2.21. The van der Waals surface area contributed by atoms with E-state index in [1.54, 1.807) is 18.4 Å². The smallest absolute Gasteiger partial charge is 0.233 e. The summed E-state index contributed by atoms with van der Waals surface area (Å²) in [5.74, 6) is 0.883. The van der Waals surface area contributed by atoms with E-state index in [0.717, 1.165) is 51.9 Å². The third kappa shape index (κ3) is 5.18. The molecule has 0 saturated heterocycles. The largest absolute Gasteiger partial charge is 0.497 e. The van der Waals surface area contributed by atoms with Gasteiger partial charge in [-0.2, -0.15) is 0 Å². The lowest BCUT2D eigenvalue weighted by Crippen LogP contribution is -2.39. The van der Waals surface area contributed by atoms with Gasteiger partial charge in [0, 0.05) is 13.1 Å². The van der Waals surface area contributed by atoms with Crippen molar-refractivity contribution in [3.05, 3.63) is 53.1 Å². The molecule has 0 bridgehead atoms. The first kappa shape index (κ1) is 22.2. The number of nitrogens with zero attached hydrogens (tertiary/aromatic N) is 3. The summed E-state index contributed by atoms with van der Waals surface area (Å²) in [4.78, 5) is 22.3. The van der Waals surface area contributed by atoms with Crippen LogP contribution in [0.5, 0.6) is 5.75 Å². The van der Waals surface area contributed by atoms with Crippen LogP contribution in [0.15, 0.2) is 36.4 Å². The van der Waals surface area contributed by atoms with Crippen LogP contribution in [0.3, 0.4) is 0 Å². The average molecular weight is 426 g/mol. The van der Waals surface area contributed by atoms with E-state index in [9.17, 15) is 4.79 Å². The van der Waals surface area contributed by atoms with Gasteiger partial charge in [0.1, 0.15) is 5.75 Å². The third-order valence-electron chi connectivity index (χ3n) is 5.49. The van der Waals surface area contributed by atoms with E-state index >= 15 is 0 Å². The van der Waals surface area contributed by atoms with E-state index in [1.807, 2.05) is 23.1 Å². The number of amides is 1. The van der Waals surface area contributed by atoms with E-state index in [1.165, 1.54) is 5.56 Å². The van der Waals surface area contributed by atoms with Crippen molar-refractivity contribution >= 4 is 32.6 Å². The Balaban J connectivity index is 1.90. The number of hydrogen-bond acceptors (Lipinski definition) is 5. The minimum absolute atomic E-state index is 0.0835. The van der Waals surface area contributed by atoms with Crippen LogP contribution in [0.4, 0.5) is 5.13 Å². The molecule has 0 aliphatic rings. The number of hydrogen-bond donors (Lipinski definition) is 0. The Morgan fingerprint density at radius 1 is 1.07 bits per heavy atom. The second kappa shape index (κ2) is 10.0. The van der Waals surface area contributed by atoms with Crippen LogP contribution in [0.1, 0.15) is 30.5 Å². The summed E-state index contributed by atoms with van der Waals surface area (Å²) in [5, 5.41) is 0.750. The molecule has 0 spiro atoms. The molecular weight excluding hydrogens is 394 g/mol. The number of ether oxygens (including phenoxy) is 1. The molecule has 0 fully saturated rings. The summed E-state index contributed by atoms with van der Waals surface area (Å²) in [6.45, 7) is 11.8. The second-order valence-electron chi connectivity index (χ2n) is 7.51. The molecule has 0 saturated carbocycles. The quantitative estimate of drug-likeness (QED) is 0.492. The molecule has 0 aliphatic heterocycles. The SMILES string of the molecule is CCN(CC)CCN(C(=O)Cc1ccc(C)cc1C)c1nc2ccc(OC)cc2s1. The Hall–Kier alpha value is -2.44. The highest BCUT2D eigenvalue weighted by molar-refractivity contribution is 7.22.